The van der Waals surface area contributed by atoms with Gasteiger partial charge in [-0.1, -0.05) is 28.1 Å². The predicted molar refractivity (Wildman–Crippen MR) is 110 cm³/mol. The van der Waals surface area contributed by atoms with Crippen molar-refractivity contribution >= 4 is 77.2 Å². The van der Waals surface area contributed by atoms with Crippen molar-refractivity contribution in [1.82, 2.24) is 0 Å². The summed E-state index contributed by atoms with van der Waals surface area (Å²) in [4.78, 5) is 20.3. The maximum absolute atomic E-state index is 10.2. The molecule has 127 valence electrons. The molecule has 2 rings (SSSR count). The van der Waals surface area contributed by atoms with E-state index in [0.29, 0.717) is 28.2 Å². The Labute approximate surface area is 170 Å². The first-order chi connectivity index (χ1) is 11.5. The molecule has 1 radical (unpaired) electrons. The molecule has 0 aliphatic heterocycles. The third-order valence-corrected chi connectivity index (χ3v) is 2.84. The molecule has 0 heterocycles. The van der Waals surface area contributed by atoms with Gasteiger partial charge in [0, 0.05) is 43.9 Å². The summed E-state index contributed by atoms with van der Waals surface area (Å²) in [6.45, 7) is 0. The van der Waals surface area contributed by atoms with Crippen LogP contribution in [-0.4, -0.2) is 30.4 Å². The van der Waals surface area contributed by atoms with Crippen LogP contribution in [0, 0.1) is 0 Å². The monoisotopic (exact) mass is 538 g/mol. The van der Waals surface area contributed by atoms with Crippen molar-refractivity contribution < 1.29 is 19.8 Å². The van der Waals surface area contributed by atoms with E-state index in [1.165, 1.54) is 24.3 Å². The summed E-state index contributed by atoms with van der Waals surface area (Å²) in [5.41, 5.74) is 0.954. The van der Waals surface area contributed by atoms with Crippen molar-refractivity contribution in [1.29, 1.82) is 0 Å². The van der Waals surface area contributed by atoms with Crippen LogP contribution in [0.4, 0.5) is 0 Å². The molecule has 0 atom stereocenters. The molecule has 0 aromatic heterocycles. The van der Waals surface area contributed by atoms with Gasteiger partial charge in [0.15, 0.2) is 6.29 Å². The number of benzene rings is 2. The fourth-order valence-electron chi connectivity index (χ4n) is 1.22. The van der Waals surface area contributed by atoms with Crippen LogP contribution in [0.1, 0.15) is 20.7 Å². The molecule has 0 bridgehead atoms. The SMILES string of the molecule is BrBr.O=Cc1cc(O)ccc1Br.O=Cc1cccc(O)c1.[B]=NS. The number of hydrogen-bond donors (Lipinski definition) is 3. The molecule has 0 saturated carbocycles. The Balaban J connectivity index is 0. The zero-order valence-electron chi connectivity index (χ0n) is 12.0. The molecule has 0 unspecified atom stereocenters. The Hall–Kier alpha value is -0.965. The van der Waals surface area contributed by atoms with Gasteiger partial charge in [0.2, 0.25) is 0 Å². The van der Waals surface area contributed by atoms with Gasteiger partial charge in [0.05, 0.1) is 0 Å². The van der Waals surface area contributed by atoms with Crippen LogP contribution in [0.2, 0.25) is 0 Å². The van der Waals surface area contributed by atoms with Crippen molar-refractivity contribution in [3.05, 3.63) is 58.1 Å². The van der Waals surface area contributed by atoms with Gasteiger partial charge in [0.25, 0.3) is 0 Å². The molecule has 0 amide bonds. The predicted octanol–water partition coefficient (Wildman–Crippen LogP) is 5.05. The quantitative estimate of drug-likeness (QED) is 0.283. The van der Waals surface area contributed by atoms with Crippen LogP contribution in [0.25, 0.3) is 0 Å². The molecule has 0 fully saturated rings. The Morgan fingerprint density at radius 3 is 1.92 bits per heavy atom. The van der Waals surface area contributed by atoms with Crippen molar-refractivity contribution in [3.63, 3.8) is 0 Å². The number of nitrogens with zero attached hydrogens (tertiary/aromatic N) is 1. The molecule has 0 saturated heterocycles. The topological polar surface area (TPSA) is 87.0 Å². The van der Waals surface area contributed by atoms with E-state index in [-0.39, 0.29) is 11.5 Å². The number of halogens is 3. The second-order valence-electron chi connectivity index (χ2n) is 3.65. The van der Waals surface area contributed by atoms with E-state index >= 15 is 0 Å². The number of hydrogen-bond acceptors (Lipinski definition) is 6. The number of carbonyl (C=O) groups excluding carboxylic acids is 2. The van der Waals surface area contributed by atoms with Gasteiger partial charge >= 0.3 is 24.8 Å². The van der Waals surface area contributed by atoms with Crippen molar-refractivity contribution in [2.45, 2.75) is 0 Å². The van der Waals surface area contributed by atoms with Gasteiger partial charge in [-0.05, 0) is 30.3 Å². The summed E-state index contributed by atoms with van der Waals surface area (Å²) in [5, 5.41) is 17.7. The minimum atomic E-state index is 0.102. The second kappa shape index (κ2) is 16.9. The fraction of sp³-hybridized carbons (Fsp3) is 0. The average molecular weight is 541 g/mol. The zero-order chi connectivity index (χ0) is 19.0. The van der Waals surface area contributed by atoms with E-state index in [1.54, 1.807) is 18.2 Å². The molecule has 10 heteroatoms. The van der Waals surface area contributed by atoms with Gasteiger partial charge in [0.1, 0.15) is 17.8 Å². The van der Waals surface area contributed by atoms with Gasteiger partial charge in [-0.25, -0.2) is 0 Å². The summed E-state index contributed by atoms with van der Waals surface area (Å²) >= 11 is 11.8. The molecule has 0 spiro atoms. The minimum absolute atomic E-state index is 0.102. The van der Waals surface area contributed by atoms with Gasteiger partial charge in [-0.2, -0.15) is 0 Å². The van der Waals surface area contributed by atoms with E-state index < -0.39 is 0 Å². The van der Waals surface area contributed by atoms with Gasteiger partial charge < -0.3 is 10.2 Å². The van der Waals surface area contributed by atoms with Crippen molar-refractivity contribution in [2.75, 3.05) is 0 Å². The van der Waals surface area contributed by atoms with Gasteiger partial charge in [-0.15, -0.1) is 0 Å². The molecule has 0 aliphatic carbocycles. The van der Waals surface area contributed by atoms with E-state index in [1.807, 2.05) is 0 Å². The Kier molecular flexibility index (Phi) is 17.8. The van der Waals surface area contributed by atoms with Crippen LogP contribution >= 0.6 is 57.0 Å². The van der Waals surface area contributed by atoms with E-state index in [0.717, 1.165) is 0 Å². The number of aromatic hydroxyl groups is 2. The van der Waals surface area contributed by atoms with E-state index in [9.17, 15) is 9.59 Å². The molecule has 5 nitrogen and oxygen atoms in total. The Bertz CT molecular complexity index is 647. The fourth-order valence-corrected chi connectivity index (χ4v) is 1.56. The van der Waals surface area contributed by atoms with E-state index in [4.69, 9.17) is 10.2 Å². The maximum atomic E-state index is 10.2. The number of thiol groups is 1. The molecular formula is C14H12BBr3NO4S. The van der Waals surface area contributed by atoms with Crippen molar-refractivity contribution in [2.24, 2.45) is 4.30 Å². The van der Waals surface area contributed by atoms with Crippen LogP contribution in [0.3, 0.4) is 0 Å². The molecule has 2 N–H and O–H groups in total. The molecule has 2 aromatic carbocycles. The number of carbonyl (C=O) groups is 2. The molecule has 24 heavy (non-hydrogen) atoms. The first-order valence-electron chi connectivity index (χ1n) is 5.85. The van der Waals surface area contributed by atoms with Crippen LogP contribution in [0.5, 0.6) is 11.5 Å². The summed E-state index contributed by atoms with van der Waals surface area (Å²) < 4.78 is 3.39. The Morgan fingerprint density at radius 1 is 1.00 bits per heavy atom. The standard InChI is InChI=1S/C7H5BrO2.C7H6O2.BHNS.Br2/c8-7-2-1-6(10)3-5(7)4-9;8-5-6-2-1-3-7(9)4-6;1-2-3;1-2/h1-4,10H;1-5,9H;3H;. The first kappa shape index (κ1) is 25.3. The average Bonchev–Trinajstić information content (AvgIpc) is 2.60. The molecule has 0 aliphatic rings. The number of rotatable bonds is 2. The third kappa shape index (κ3) is 12.5. The normalized spacial score (nSPS) is 7.96. The van der Waals surface area contributed by atoms with E-state index in [2.05, 4.69) is 68.9 Å². The van der Waals surface area contributed by atoms with Crippen LogP contribution < -0.4 is 0 Å². The second-order valence-corrected chi connectivity index (χ2v) is 4.74. The third-order valence-electron chi connectivity index (χ3n) is 2.11. The summed E-state index contributed by atoms with van der Waals surface area (Å²) in [5.74, 6) is 0.227. The summed E-state index contributed by atoms with van der Waals surface area (Å²) in [6, 6.07) is 10.7. The first-order valence-corrected chi connectivity index (χ1v) is 10.8. The van der Waals surface area contributed by atoms with Gasteiger partial charge in [-0.3, -0.25) is 9.59 Å². The molecular weight excluding hydrogens is 529 g/mol. The summed E-state index contributed by atoms with van der Waals surface area (Å²) in [7, 11) is 4.34. The number of aldehydes is 2. The number of phenolic OH excluding ortho intramolecular Hbond substituents is 2. The molecule has 2 aromatic rings. The van der Waals surface area contributed by atoms with Crippen LogP contribution in [-0.2, 0) is 0 Å². The Morgan fingerprint density at radius 2 is 1.54 bits per heavy atom. The summed E-state index contributed by atoms with van der Waals surface area (Å²) in [6.07, 6.45) is 1.38. The zero-order valence-corrected chi connectivity index (χ0v) is 17.7. The number of phenols is 2. The van der Waals surface area contributed by atoms with Crippen molar-refractivity contribution in [3.8, 4) is 11.5 Å². The van der Waals surface area contributed by atoms with Crippen LogP contribution in [0.15, 0.2) is 51.2 Å².